The molecule has 19 heavy (non-hydrogen) atoms. The zero-order valence-electron chi connectivity index (χ0n) is 11.9. The van der Waals surface area contributed by atoms with E-state index in [1.165, 1.54) is 25.9 Å². The Bertz CT molecular complexity index is 425. The highest BCUT2D eigenvalue weighted by molar-refractivity contribution is 6.32. The van der Waals surface area contributed by atoms with Crippen LogP contribution in [0.25, 0.3) is 0 Å². The average molecular weight is 283 g/mol. The molecule has 106 valence electrons. The van der Waals surface area contributed by atoms with E-state index < -0.39 is 0 Å². The van der Waals surface area contributed by atoms with Crippen molar-refractivity contribution < 1.29 is 4.74 Å². The number of hydrogen-bond donors (Lipinski definition) is 1. The second-order valence-electron chi connectivity index (χ2n) is 5.45. The van der Waals surface area contributed by atoms with Gasteiger partial charge in [0, 0.05) is 24.3 Å². The number of piperidine rings is 1. The maximum absolute atomic E-state index is 6.04. The summed E-state index contributed by atoms with van der Waals surface area (Å²) in [5.74, 6) is 1.42. The Labute approximate surface area is 120 Å². The summed E-state index contributed by atoms with van der Waals surface area (Å²) in [7, 11) is 3.84. The van der Waals surface area contributed by atoms with E-state index >= 15 is 0 Å². The fraction of sp³-hybridized carbons (Fsp3) is 0.600. The van der Waals surface area contributed by atoms with E-state index in [0.717, 1.165) is 11.4 Å². The molecule has 1 aromatic rings. The van der Waals surface area contributed by atoms with Crippen molar-refractivity contribution in [1.82, 2.24) is 4.90 Å². The smallest absolute Gasteiger partial charge is 0.139 e. The summed E-state index contributed by atoms with van der Waals surface area (Å²) in [6, 6.07) is 6.30. The van der Waals surface area contributed by atoms with Crippen LogP contribution in [0.3, 0.4) is 0 Å². The van der Waals surface area contributed by atoms with Gasteiger partial charge < -0.3 is 15.0 Å². The highest BCUT2D eigenvalue weighted by Crippen LogP contribution is 2.29. The van der Waals surface area contributed by atoms with Crippen molar-refractivity contribution in [3.8, 4) is 5.75 Å². The van der Waals surface area contributed by atoms with E-state index in [1.54, 1.807) is 7.11 Å². The van der Waals surface area contributed by atoms with Crippen LogP contribution in [0.1, 0.15) is 19.8 Å². The minimum absolute atomic E-state index is 0.452. The molecule has 0 saturated carbocycles. The number of nitrogens with one attached hydrogen (secondary N) is 1. The van der Waals surface area contributed by atoms with Gasteiger partial charge in [0.05, 0.1) is 12.1 Å². The Morgan fingerprint density at radius 3 is 2.95 bits per heavy atom. The van der Waals surface area contributed by atoms with Crippen LogP contribution in [0.5, 0.6) is 5.75 Å². The summed E-state index contributed by atoms with van der Waals surface area (Å²) in [5.41, 5.74) is 1.07. The van der Waals surface area contributed by atoms with Crippen molar-refractivity contribution in [3.63, 3.8) is 0 Å². The number of nitrogens with zero attached hydrogens (tertiary/aromatic N) is 1. The predicted molar refractivity (Wildman–Crippen MR) is 81.3 cm³/mol. The van der Waals surface area contributed by atoms with E-state index in [4.69, 9.17) is 16.3 Å². The van der Waals surface area contributed by atoms with E-state index in [1.807, 2.05) is 18.2 Å². The van der Waals surface area contributed by atoms with Gasteiger partial charge in [-0.15, -0.1) is 0 Å². The fourth-order valence-corrected chi connectivity index (χ4v) is 2.94. The quantitative estimate of drug-likeness (QED) is 0.915. The normalized spacial score (nSPS) is 22.0. The minimum Gasteiger partial charge on any atom is -0.495 e. The fourth-order valence-electron chi connectivity index (χ4n) is 2.74. The van der Waals surface area contributed by atoms with Crippen molar-refractivity contribution >= 4 is 17.3 Å². The average Bonchev–Trinajstić information content (AvgIpc) is 2.41. The first-order valence-corrected chi connectivity index (χ1v) is 7.26. The Balaban J connectivity index is 1.99. The molecule has 0 aliphatic carbocycles. The van der Waals surface area contributed by atoms with Gasteiger partial charge in [-0.2, -0.15) is 0 Å². The molecule has 1 aliphatic heterocycles. The van der Waals surface area contributed by atoms with E-state index in [9.17, 15) is 0 Å². The lowest BCUT2D eigenvalue weighted by Gasteiger charge is -2.34. The SMILES string of the molecule is COc1cc(NC(C)C2CCCN(C)C2)ccc1Cl. The van der Waals surface area contributed by atoms with E-state index in [-0.39, 0.29) is 0 Å². The van der Waals surface area contributed by atoms with Crippen molar-refractivity contribution in [1.29, 1.82) is 0 Å². The molecule has 0 bridgehead atoms. The lowest BCUT2D eigenvalue weighted by Crippen LogP contribution is -2.39. The number of ether oxygens (including phenoxy) is 1. The van der Waals surface area contributed by atoms with Gasteiger partial charge in [0.25, 0.3) is 0 Å². The summed E-state index contributed by atoms with van der Waals surface area (Å²) >= 11 is 6.04. The number of halogens is 1. The standard InChI is InChI=1S/C15H23ClN2O/c1-11(12-5-4-8-18(2)10-12)17-13-6-7-14(16)15(9-13)19-3/h6-7,9,11-12,17H,4-5,8,10H2,1-3H3. The molecule has 1 saturated heterocycles. The predicted octanol–water partition coefficient (Wildman–Crippen LogP) is 3.49. The molecule has 1 aliphatic rings. The van der Waals surface area contributed by atoms with Crippen molar-refractivity contribution in [3.05, 3.63) is 23.2 Å². The molecular weight excluding hydrogens is 260 g/mol. The van der Waals surface area contributed by atoms with Crippen LogP contribution in [0.2, 0.25) is 5.02 Å². The minimum atomic E-state index is 0.452. The van der Waals surface area contributed by atoms with Gasteiger partial charge in [-0.25, -0.2) is 0 Å². The van der Waals surface area contributed by atoms with Crippen molar-refractivity contribution in [2.45, 2.75) is 25.8 Å². The summed E-state index contributed by atoms with van der Waals surface area (Å²) < 4.78 is 5.25. The molecule has 2 unspecified atom stereocenters. The molecule has 0 radical (unpaired) electrons. The van der Waals surface area contributed by atoms with Crippen LogP contribution >= 0.6 is 11.6 Å². The maximum atomic E-state index is 6.04. The highest BCUT2D eigenvalue weighted by atomic mass is 35.5. The summed E-state index contributed by atoms with van der Waals surface area (Å²) in [4.78, 5) is 2.41. The van der Waals surface area contributed by atoms with Crippen molar-refractivity contribution in [2.24, 2.45) is 5.92 Å². The summed E-state index contributed by atoms with van der Waals surface area (Å²) in [5, 5.41) is 4.22. The zero-order valence-corrected chi connectivity index (χ0v) is 12.7. The first-order valence-electron chi connectivity index (χ1n) is 6.88. The van der Waals surface area contributed by atoms with Gasteiger partial charge in [-0.1, -0.05) is 11.6 Å². The van der Waals surface area contributed by atoms with Gasteiger partial charge in [0.2, 0.25) is 0 Å². The first kappa shape index (κ1) is 14.5. The van der Waals surface area contributed by atoms with E-state index in [0.29, 0.717) is 17.0 Å². The van der Waals surface area contributed by atoms with Gasteiger partial charge in [0.15, 0.2) is 0 Å². The topological polar surface area (TPSA) is 24.5 Å². The molecule has 1 aromatic carbocycles. The molecule has 3 nitrogen and oxygen atoms in total. The van der Waals surface area contributed by atoms with Gasteiger partial charge in [-0.05, 0) is 51.4 Å². The van der Waals surface area contributed by atoms with Crippen LogP contribution in [-0.4, -0.2) is 38.2 Å². The number of methoxy groups -OCH3 is 1. The van der Waals surface area contributed by atoms with Gasteiger partial charge >= 0.3 is 0 Å². The first-order chi connectivity index (χ1) is 9.10. The number of benzene rings is 1. The van der Waals surface area contributed by atoms with Crippen LogP contribution in [0.4, 0.5) is 5.69 Å². The lowest BCUT2D eigenvalue weighted by molar-refractivity contribution is 0.197. The zero-order chi connectivity index (χ0) is 13.8. The van der Waals surface area contributed by atoms with Crippen LogP contribution in [0, 0.1) is 5.92 Å². The third-order valence-electron chi connectivity index (χ3n) is 3.91. The largest absolute Gasteiger partial charge is 0.495 e. The molecule has 1 N–H and O–H groups in total. The molecule has 0 amide bonds. The number of likely N-dealkylation sites (tertiary alicyclic amines) is 1. The molecule has 1 fully saturated rings. The van der Waals surface area contributed by atoms with Crippen molar-refractivity contribution in [2.75, 3.05) is 32.6 Å². The molecule has 0 spiro atoms. The summed E-state index contributed by atoms with van der Waals surface area (Å²) in [6.07, 6.45) is 2.58. The molecule has 0 aromatic heterocycles. The number of hydrogen-bond acceptors (Lipinski definition) is 3. The Kier molecular flexibility index (Phi) is 4.94. The van der Waals surface area contributed by atoms with Crippen LogP contribution in [0.15, 0.2) is 18.2 Å². The third-order valence-corrected chi connectivity index (χ3v) is 4.23. The van der Waals surface area contributed by atoms with Gasteiger partial charge in [0.1, 0.15) is 5.75 Å². The number of rotatable bonds is 4. The second-order valence-corrected chi connectivity index (χ2v) is 5.85. The molecule has 1 heterocycles. The summed E-state index contributed by atoms with van der Waals surface area (Å²) in [6.45, 7) is 4.64. The third kappa shape index (κ3) is 3.77. The molecule has 4 heteroatoms. The Morgan fingerprint density at radius 1 is 1.47 bits per heavy atom. The number of anilines is 1. The van der Waals surface area contributed by atoms with E-state index in [2.05, 4.69) is 24.2 Å². The maximum Gasteiger partial charge on any atom is 0.139 e. The lowest BCUT2D eigenvalue weighted by atomic mass is 9.92. The van der Waals surface area contributed by atoms with Gasteiger partial charge in [-0.3, -0.25) is 0 Å². The Morgan fingerprint density at radius 2 is 2.26 bits per heavy atom. The Hall–Kier alpha value is -0.930. The molecular formula is C15H23ClN2O. The van der Waals surface area contributed by atoms with Crippen LogP contribution < -0.4 is 10.1 Å². The second kappa shape index (κ2) is 6.49. The monoisotopic (exact) mass is 282 g/mol. The highest BCUT2D eigenvalue weighted by Gasteiger charge is 2.22. The van der Waals surface area contributed by atoms with Crippen LogP contribution in [-0.2, 0) is 0 Å². The molecule has 2 rings (SSSR count). The molecule has 2 atom stereocenters.